The van der Waals surface area contributed by atoms with Gasteiger partial charge in [0.05, 0.1) is 51.4 Å². The van der Waals surface area contributed by atoms with Gasteiger partial charge in [0, 0.05) is 45.1 Å². The normalized spacial score (nSPS) is 20.6. The van der Waals surface area contributed by atoms with Crippen LogP contribution in [-0.2, 0) is 54.3 Å². The smallest absolute Gasteiger partial charge is 0.302 e. The van der Waals surface area contributed by atoms with E-state index in [0.717, 1.165) is 0 Å². The fourth-order valence-corrected chi connectivity index (χ4v) is 4.41. The average Bonchev–Trinajstić information content (AvgIpc) is 3.25. The van der Waals surface area contributed by atoms with Gasteiger partial charge in [-0.15, -0.1) is 0 Å². The lowest BCUT2D eigenvalue weighted by molar-refractivity contribution is -0.198. The van der Waals surface area contributed by atoms with Gasteiger partial charge < -0.3 is 49.6 Å². The maximum Gasteiger partial charge on any atom is 0.302 e. The maximum atomic E-state index is 12.6. The van der Waals surface area contributed by atoms with Crippen LogP contribution >= 0.6 is 0 Å². The number of esters is 1. The van der Waals surface area contributed by atoms with E-state index in [1.807, 2.05) is 0 Å². The zero-order valence-corrected chi connectivity index (χ0v) is 26.4. The number of aliphatic hydroxyl groups excluding tert-OH is 2. The van der Waals surface area contributed by atoms with Gasteiger partial charge in [0.1, 0.15) is 18.5 Å². The van der Waals surface area contributed by atoms with E-state index < -0.39 is 30.4 Å². The van der Waals surface area contributed by atoms with E-state index in [9.17, 15) is 34.2 Å². The molecule has 5 N–H and O–H groups in total. The molecule has 2 aliphatic heterocycles. The van der Waals surface area contributed by atoms with Crippen LogP contribution in [0.4, 0.5) is 5.69 Å². The van der Waals surface area contributed by atoms with Gasteiger partial charge in [0.2, 0.25) is 29.9 Å². The highest BCUT2D eigenvalue weighted by Gasteiger charge is 2.35. The second kappa shape index (κ2) is 20.9. The first-order chi connectivity index (χ1) is 22.4. The van der Waals surface area contributed by atoms with Gasteiger partial charge in [-0.25, -0.2) is 0 Å². The Morgan fingerprint density at radius 3 is 2.40 bits per heavy atom. The molecule has 2 aliphatic rings. The molecule has 4 atom stereocenters. The van der Waals surface area contributed by atoms with Crippen LogP contribution in [-0.4, -0.2) is 121 Å². The van der Waals surface area contributed by atoms with Crippen molar-refractivity contribution >= 4 is 41.8 Å². The highest BCUT2D eigenvalue weighted by atomic mass is 16.7. The van der Waals surface area contributed by atoms with Crippen molar-refractivity contribution in [2.75, 3.05) is 51.4 Å². The van der Waals surface area contributed by atoms with Crippen LogP contribution in [0.15, 0.2) is 18.2 Å². The number of amides is 4. The minimum Gasteiger partial charge on any atom is -0.483 e. The van der Waals surface area contributed by atoms with Crippen LogP contribution in [0, 0.1) is 5.92 Å². The Kier molecular flexibility index (Phi) is 17.3. The molecule has 2 saturated heterocycles. The van der Waals surface area contributed by atoms with Crippen LogP contribution in [0.25, 0.3) is 0 Å². The number of aliphatic hydroxyl groups is 2. The third-order valence-electron chi connectivity index (χ3n) is 6.73. The lowest BCUT2D eigenvalue weighted by Crippen LogP contribution is -2.44. The number of ether oxygens (including phenoxy) is 5. The summed E-state index contributed by atoms with van der Waals surface area (Å²) in [6.45, 7) is 3.80. The number of rotatable bonds is 17. The molecule has 0 spiro atoms. The number of carbonyl (C=O) groups excluding carboxylic acids is 5. The molecule has 2 fully saturated rings. The molecule has 1 aromatic rings. The van der Waals surface area contributed by atoms with Gasteiger partial charge in [0.25, 0.3) is 6.47 Å². The fourth-order valence-electron chi connectivity index (χ4n) is 4.41. The summed E-state index contributed by atoms with van der Waals surface area (Å²) in [5.74, 6) is -1.67. The fraction of sp³-hybridized carbons (Fsp3) is 0.600. The van der Waals surface area contributed by atoms with Crippen LogP contribution in [0.5, 0.6) is 5.75 Å². The molecule has 0 aliphatic carbocycles. The molecule has 47 heavy (non-hydrogen) atoms. The number of nitrogens with zero attached hydrogens (tertiary/aromatic N) is 1. The van der Waals surface area contributed by atoms with Crippen molar-refractivity contribution in [2.24, 2.45) is 5.92 Å². The van der Waals surface area contributed by atoms with Crippen molar-refractivity contribution in [3.8, 4) is 5.75 Å². The molecule has 4 amide bonds. The summed E-state index contributed by atoms with van der Waals surface area (Å²) in [5.41, 5.74) is 0.824. The molecule has 3 unspecified atom stereocenters. The SMILES string of the molecule is CC(=O)OCc1ccc(OC2OCC(O)C[C@H]2O)c(NC(=O)CCNC(=O)CCOCCOCCN2C(=O)CC(C)C2=O)c1.O=CO. The number of imide groups is 1. The monoisotopic (exact) mass is 669 g/mol. The van der Waals surface area contributed by atoms with Gasteiger partial charge in [0.15, 0.2) is 0 Å². The summed E-state index contributed by atoms with van der Waals surface area (Å²) in [7, 11) is 0. The Labute approximate surface area is 271 Å². The molecule has 2 heterocycles. The molecule has 262 valence electrons. The number of anilines is 1. The third-order valence-corrected chi connectivity index (χ3v) is 6.73. The van der Waals surface area contributed by atoms with E-state index >= 15 is 0 Å². The zero-order chi connectivity index (χ0) is 34.8. The van der Waals surface area contributed by atoms with Gasteiger partial charge in [-0.05, 0) is 17.7 Å². The highest BCUT2D eigenvalue weighted by molar-refractivity contribution is 6.03. The lowest BCUT2D eigenvalue weighted by Gasteiger charge is -2.31. The minimum atomic E-state index is -1.09. The average molecular weight is 670 g/mol. The Hall–Kier alpha value is -4.16. The first kappa shape index (κ1) is 39.0. The molecule has 0 saturated carbocycles. The molecular formula is C30H43N3O14. The Morgan fingerprint density at radius 2 is 1.77 bits per heavy atom. The van der Waals surface area contributed by atoms with Gasteiger partial charge in [-0.1, -0.05) is 13.0 Å². The molecule has 3 rings (SSSR count). The minimum absolute atomic E-state index is 0.0168. The molecular weight excluding hydrogens is 626 g/mol. The third kappa shape index (κ3) is 14.4. The number of likely N-dealkylation sites (tertiary alicyclic amines) is 1. The van der Waals surface area contributed by atoms with Gasteiger partial charge >= 0.3 is 5.97 Å². The molecule has 17 heteroatoms. The van der Waals surface area contributed by atoms with Crippen molar-refractivity contribution in [2.45, 2.75) is 64.6 Å². The second-order valence-electron chi connectivity index (χ2n) is 10.6. The van der Waals surface area contributed by atoms with E-state index in [1.165, 1.54) is 17.9 Å². The van der Waals surface area contributed by atoms with Crippen molar-refractivity contribution < 1.29 is 67.8 Å². The second-order valence-corrected chi connectivity index (χ2v) is 10.6. The topological polar surface area (TPSA) is 237 Å². The summed E-state index contributed by atoms with van der Waals surface area (Å²) >= 11 is 0. The summed E-state index contributed by atoms with van der Waals surface area (Å²) in [5, 5.41) is 32.1. The van der Waals surface area contributed by atoms with Crippen LogP contribution in [0.3, 0.4) is 0 Å². The number of carbonyl (C=O) groups is 6. The quantitative estimate of drug-likeness (QED) is 0.0612. The first-order valence-corrected chi connectivity index (χ1v) is 15.0. The van der Waals surface area contributed by atoms with Crippen LogP contribution in [0.2, 0.25) is 0 Å². The summed E-state index contributed by atoms with van der Waals surface area (Å²) in [4.78, 5) is 69.1. The van der Waals surface area contributed by atoms with E-state index in [2.05, 4.69) is 10.6 Å². The Morgan fingerprint density at radius 1 is 1.06 bits per heavy atom. The predicted octanol–water partition coefficient (Wildman–Crippen LogP) is -0.439. The molecule has 0 aromatic heterocycles. The zero-order valence-electron chi connectivity index (χ0n) is 26.4. The Bertz CT molecular complexity index is 1210. The lowest BCUT2D eigenvalue weighted by atomic mass is 10.1. The molecule has 0 bridgehead atoms. The summed E-state index contributed by atoms with van der Waals surface area (Å²) in [6.07, 6.45) is -2.64. The van der Waals surface area contributed by atoms with Gasteiger partial charge in [-0.3, -0.25) is 33.7 Å². The van der Waals surface area contributed by atoms with Crippen molar-refractivity contribution in [3.05, 3.63) is 23.8 Å². The first-order valence-electron chi connectivity index (χ1n) is 15.0. The molecule has 0 radical (unpaired) electrons. The number of hydrogen-bond acceptors (Lipinski definition) is 13. The van der Waals surface area contributed by atoms with Crippen LogP contribution < -0.4 is 15.4 Å². The predicted molar refractivity (Wildman–Crippen MR) is 161 cm³/mol. The van der Waals surface area contributed by atoms with E-state index in [1.54, 1.807) is 19.1 Å². The van der Waals surface area contributed by atoms with Gasteiger partial charge in [-0.2, -0.15) is 0 Å². The largest absolute Gasteiger partial charge is 0.483 e. The molecule has 1 aromatic carbocycles. The van der Waals surface area contributed by atoms with E-state index in [-0.39, 0.29) is 120 Å². The molecule has 17 nitrogen and oxygen atoms in total. The van der Waals surface area contributed by atoms with Crippen molar-refractivity contribution in [1.29, 1.82) is 0 Å². The number of benzene rings is 1. The summed E-state index contributed by atoms with van der Waals surface area (Å²) in [6, 6.07) is 4.73. The van der Waals surface area contributed by atoms with E-state index in [0.29, 0.717) is 5.56 Å². The van der Waals surface area contributed by atoms with E-state index in [4.69, 9.17) is 33.6 Å². The number of nitrogens with one attached hydrogen (secondary N) is 2. The number of carboxylic acid groups (broad SMARTS) is 1. The standard InChI is InChI=1S/C29H41N3O12.CH2O2/c1-18-13-27(38)32(28(18)39)8-10-41-12-11-40-9-6-25(36)30-7-5-26(37)31-22-14-20(16-42-19(2)33)3-4-24(22)44-29-23(35)15-21(34)17-43-29;2-1-3/h3-4,14,18,21,23,29,34-35H,5-13,15-17H2,1-2H3,(H,30,36)(H,31,37);1H,(H,2,3)/t18?,21?,23-,29?;/m1./s1. The number of hydrogen-bond donors (Lipinski definition) is 5. The van der Waals surface area contributed by atoms with Crippen molar-refractivity contribution in [3.63, 3.8) is 0 Å². The summed E-state index contributed by atoms with van der Waals surface area (Å²) < 4.78 is 26.9. The highest BCUT2D eigenvalue weighted by Crippen LogP contribution is 2.30. The van der Waals surface area contributed by atoms with Crippen LogP contribution in [0.1, 0.15) is 45.1 Å². The maximum absolute atomic E-state index is 12.6. The Balaban J connectivity index is 0.00000246. The van der Waals surface area contributed by atoms with Crippen molar-refractivity contribution in [1.82, 2.24) is 10.2 Å².